The molecule has 0 saturated heterocycles. The number of sulfonamides is 1. The molecule has 9 heteroatoms. The molecular weight excluding hydrogens is 449 g/mol. The lowest BCUT2D eigenvalue weighted by Gasteiger charge is -2.18. The highest BCUT2D eigenvalue weighted by Crippen LogP contribution is 2.38. The molecule has 0 atom stereocenters. The maximum atomic E-state index is 13.1. The zero-order chi connectivity index (χ0) is 23.9. The van der Waals surface area contributed by atoms with E-state index in [9.17, 15) is 22.7 Å². The molecule has 33 heavy (non-hydrogen) atoms. The Hall–Kier alpha value is -3.85. The molecule has 3 aromatic carbocycles. The third-order valence-corrected chi connectivity index (χ3v) is 6.41. The van der Waals surface area contributed by atoms with Crippen LogP contribution in [0.5, 0.6) is 11.5 Å². The molecule has 4 rings (SSSR count). The molecule has 0 saturated carbocycles. The number of carboxylic acids is 1. The second kappa shape index (κ2) is 8.25. The second-order valence-electron chi connectivity index (χ2n) is 7.56. The van der Waals surface area contributed by atoms with Crippen molar-refractivity contribution in [1.29, 1.82) is 0 Å². The van der Waals surface area contributed by atoms with Crippen molar-refractivity contribution in [2.45, 2.75) is 6.92 Å². The number of aromatic carboxylic acids is 1. The summed E-state index contributed by atoms with van der Waals surface area (Å²) in [5.41, 5.74) is 1.73. The molecule has 1 N–H and O–H groups in total. The van der Waals surface area contributed by atoms with Gasteiger partial charge in [0.2, 0.25) is 10.0 Å². The van der Waals surface area contributed by atoms with Gasteiger partial charge in [-0.25, -0.2) is 17.6 Å². The third kappa shape index (κ3) is 4.40. The van der Waals surface area contributed by atoms with Gasteiger partial charge in [0, 0.05) is 24.1 Å². The molecule has 0 aliphatic rings. The average Bonchev–Trinajstić information content (AvgIpc) is 3.12. The molecule has 0 spiro atoms. The lowest BCUT2D eigenvalue weighted by atomic mass is 10.0. The van der Waals surface area contributed by atoms with E-state index in [1.165, 1.54) is 37.4 Å². The Morgan fingerprint density at radius 3 is 2.15 bits per heavy atom. The van der Waals surface area contributed by atoms with E-state index >= 15 is 0 Å². The summed E-state index contributed by atoms with van der Waals surface area (Å²) in [6.07, 6.45) is 1.09. The first-order valence-corrected chi connectivity index (χ1v) is 11.7. The van der Waals surface area contributed by atoms with Gasteiger partial charge in [0.05, 0.1) is 11.9 Å². The number of carboxylic acid groups (broad SMARTS) is 1. The van der Waals surface area contributed by atoms with Gasteiger partial charge < -0.3 is 14.3 Å². The zero-order valence-corrected chi connectivity index (χ0v) is 18.8. The minimum atomic E-state index is -3.51. The number of carbonyl (C=O) groups is 1. The molecule has 4 aromatic rings. The fraction of sp³-hybridized carbons (Fsp3) is 0.125. The standard InChI is InChI=1S/C24H20FNO6S/c1-14-12-19-21(13-20(14)26(2)33(3,29)30)32-23(22(19)24(27)28)15-4-8-17(9-5-15)31-18-10-6-16(25)7-11-18/h4-13H,1-3H3,(H,27,28). The van der Waals surface area contributed by atoms with Crippen LogP contribution in [0.4, 0.5) is 10.1 Å². The van der Waals surface area contributed by atoms with Crippen LogP contribution in [0.2, 0.25) is 0 Å². The lowest BCUT2D eigenvalue weighted by Crippen LogP contribution is -2.25. The SMILES string of the molecule is Cc1cc2c(C(=O)O)c(-c3ccc(Oc4ccc(F)cc4)cc3)oc2cc1N(C)S(C)(=O)=O. The number of nitrogens with zero attached hydrogens (tertiary/aromatic N) is 1. The largest absolute Gasteiger partial charge is 0.478 e. The molecule has 0 radical (unpaired) electrons. The minimum Gasteiger partial charge on any atom is -0.478 e. The third-order valence-electron chi connectivity index (χ3n) is 5.22. The molecule has 0 amide bonds. The highest BCUT2D eigenvalue weighted by Gasteiger charge is 2.24. The average molecular weight is 469 g/mol. The van der Waals surface area contributed by atoms with E-state index < -0.39 is 16.0 Å². The topological polar surface area (TPSA) is 97.1 Å². The number of benzene rings is 3. The summed E-state index contributed by atoms with van der Waals surface area (Å²) in [4.78, 5) is 12.1. The van der Waals surface area contributed by atoms with Gasteiger partial charge in [0.25, 0.3) is 0 Å². The van der Waals surface area contributed by atoms with Crippen molar-refractivity contribution in [3.63, 3.8) is 0 Å². The van der Waals surface area contributed by atoms with E-state index in [2.05, 4.69) is 0 Å². The molecule has 0 aliphatic heterocycles. The first-order chi connectivity index (χ1) is 15.5. The van der Waals surface area contributed by atoms with Crippen molar-refractivity contribution in [2.75, 3.05) is 17.6 Å². The zero-order valence-electron chi connectivity index (χ0n) is 18.0. The Kier molecular flexibility index (Phi) is 5.59. The lowest BCUT2D eigenvalue weighted by molar-refractivity contribution is 0.0699. The number of aryl methyl sites for hydroxylation is 1. The Bertz CT molecular complexity index is 1460. The van der Waals surface area contributed by atoms with Crippen LogP contribution in [0.25, 0.3) is 22.3 Å². The van der Waals surface area contributed by atoms with Crippen molar-refractivity contribution in [1.82, 2.24) is 0 Å². The fourth-order valence-electron chi connectivity index (χ4n) is 3.49. The van der Waals surface area contributed by atoms with Gasteiger partial charge in [0.15, 0.2) is 0 Å². The van der Waals surface area contributed by atoms with Crippen molar-refractivity contribution >= 4 is 32.6 Å². The summed E-state index contributed by atoms with van der Waals surface area (Å²) in [6.45, 7) is 1.70. The maximum Gasteiger partial charge on any atom is 0.340 e. The van der Waals surface area contributed by atoms with Crippen molar-refractivity contribution < 1.29 is 31.9 Å². The number of furan rings is 1. The highest BCUT2D eigenvalue weighted by molar-refractivity contribution is 7.92. The Balaban J connectivity index is 1.76. The molecule has 1 aromatic heterocycles. The van der Waals surface area contributed by atoms with Crippen molar-refractivity contribution in [3.8, 4) is 22.8 Å². The van der Waals surface area contributed by atoms with E-state index in [1.807, 2.05) is 0 Å². The molecule has 7 nitrogen and oxygen atoms in total. The minimum absolute atomic E-state index is 0.0196. The maximum absolute atomic E-state index is 13.1. The van der Waals surface area contributed by atoms with Gasteiger partial charge in [-0.15, -0.1) is 0 Å². The van der Waals surface area contributed by atoms with Gasteiger partial charge in [-0.1, -0.05) is 0 Å². The van der Waals surface area contributed by atoms with Crippen LogP contribution < -0.4 is 9.04 Å². The Labute approximate surface area is 189 Å². The number of hydrogen-bond donors (Lipinski definition) is 1. The van der Waals surface area contributed by atoms with E-state index in [0.29, 0.717) is 33.7 Å². The van der Waals surface area contributed by atoms with Crippen molar-refractivity contribution in [3.05, 3.63) is 77.6 Å². The molecule has 1 heterocycles. The van der Waals surface area contributed by atoms with Gasteiger partial charge in [-0.3, -0.25) is 4.31 Å². The van der Waals surface area contributed by atoms with Crippen LogP contribution in [-0.4, -0.2) is 32.8 Å². The van der Waals surface area contributed by atoms with Gasteiger partial charge in [-0.2, -0.15) is 0 Å². The Morgan fingerprint density at radius 1 is 1.03 bits per heavy atom. The molecule has 170 valence electrons. The van der Waals surface area contributed by atoms with Crippen LogP contribution in [-0.2, 0) is 10.0 Å². The summed E-state index contributed by atoms with van der Waals surface area (Å²) < 4.78 is 49.7. The fourth-order valence-corrected chi connectivity index (χ4v) is 4.04. The van der Waals surface area contributed by atoms with Crippen molar-refractivity contribution in [2.24, 2.45) is 0 Å². The second-order valence-corrected chi connectivity index (χ2v) is 9.57. The Morgan fingerprint density at radius 2 is 1.61 bits per heavy atom. The number of hydrogen-bond acceptors (Lipinski definition) is 5. The summed E-state index contributed by atoms with van der Waals surface area (Å²) in [5, 5.41) is 10.2. The summed E-state index contributed by atoms with van der Waals surface area (Å²) >= 11 is 0. The molecule has 0 bridgehead atoms. The van der Waals surface area contributed by atoms with Crippen LogP contribution in [0.1, 0.15) is 15.9 Å². The summed E-state index contributed by atoms with van der Waals surface area (Å²) in [5.74, 6) is -0.461. The number of ether oxygens (including phenoxy) is 1. The highest BCUT2D eigenvalue weighted by atomic mass is 32.2. The van der Waals surface area contributed by atoms with Gasteiger partial charge in [0.1, 0.15) is 34.2 Å². The first kappa shape index (κ1) is 22.3. The van der Waals surface area contributed by atoms with E-state index in [4.69, 9.17) is 9.15 Å². The van der Waals surface area contributed by atoms with Gasteiger partial charge in [-0.05, 0) is 67.1 Å². The summed E-state index contributed by atoms with van der Waals surface area (Å²) in [6, 6.07) is 15.3. The van der Waals surface area contributed by atoms with E-state index in [-0.39, 0.29) is 22.7 Å². The van der Waals surface area contributed by atoms with Gasteiger partial charge >= 0.3 is 5.97 Å². The summed E-state index contributed by atoms with van der Waals surface area (Å²) in [7, 11) is -2.09. The smallest absolute Gasteiger partial charge is 0.340 e. The number of rotatable bonds is 6. The predicted molar refractivity (Wildman–Crippen MR) is 123 cm³/mol. The number of halogens is 1. The molecule has 0 aliphatic carbocycles. The monoisotopic (exact) mass is 469 g/mol. The van der Waals surface area contributed by atoms with Crippen LogP contribution in [0.15, 0.2) is 65.1 Å². The number of anilines is 1. The number of fused-ring (bicyclic) bond motifs is 1. The van der Waals surface area contributed by atoms with Crippen LogP contribution in [0.3, 0.4) is 0 Å². The van der Waals surface area contributed by atoms with E-state index in [1.54, 1.807) is 37.3 Å². The van der Waals surface area contributed by atoms with Crippen LogP contribution in [0, 0.1) is 12.7 Å². The molecule has 0 unspecified atom stereocenters. The quantitative estimate of drug-likeness (QED) is 0.404. The molecule has 0 fully saturated rings. The van der Waals surface area contributed by atoms with Crippen LogP contribution >= 0.6 is 0 Å². The normalized spacial score (nSPS) is 11.5. The predicted octanol–water partition coefficient (Wildman–Crippen LogP) is 5.43. The first-order valence-electron chi connectivity index (χ1n) is 9.83. The molecular formula is C24H20FNO6S. The van der Waals surface area contributed by atoms with E-state index in [0.717, 1.165) is 10.6 Å².